The van der Waals surface area contributed by atoms with E-state index in [2.05, 4.69) is 33.9 Å². The first kappa shape index (κ1) is 15.0. The Morgan fingerprint density at radius 3 is 2.53 bits per heavy atom. The van der Waals surface area contributed by atoms with Crippen LogP contribution in [-0.2, 0) is 9.22 Å². The van der Waals surface area contributed by atoms with Crippen molar-refractivity contribution in [3.05, 3.63) is 0 Å². The topological polar surface area (TPSA) is 49.8 Å². The van der Waals surface area contributed by atoms with Crippen LogP contribution in [-0.4, -0.2) is 49.0 Å². The van der Waals surface area contributed by atoms with Crippen LogP contribution in [0.1, 0.15) is 40.0 Å². The number of aliphatic hydroxyl groups excluding tert-OH is 1. The number of amides is 1. The fourth-order valence-electron chi connectivity index (χ4n) is 2.80. The lowest BCUT2D eigenvalue weighted by Gasteiger charge is -2.42. The maximum absolute atomic E-state index is 11.9. The summed E-state index contributed by atoms with van der Waals surface area (Å²) in [4.78, 5) is 13.7. The van der Waals surface area contributed by atoms with Crippen molar-refractivity contribution in [3.63, 3.8) is 0 Å². The fourth-order valence-corrected chi connectivity index (χ4v) is 4.17. The number of fused-ring (bicyclic) bond motifs is 1. The molecule has 2 heterocycles. The Morgan fingerprint density at radius 1 is 1.32 bits per heavy atom. The normalized spacial score (nSPS) is 32.6. The minimum absolute atomic E-state index is 0.0140. The average Bonchev–Trinajstić information content (AvgIpc) is 2.66. The van der Waals surface area contributed by atoms with Gasteiger partial charge in [0.15, 0.2) is 8.32 Å². The van der Waals surface area contributed by atoms with Gasteiger partial charge in [-0.3, -0.25) is 4.79 Å². The molecule has 0 aliphatic carbocycles. The molecule has 0 radical (unpaired) electrons. The van der Waals surface area contributed by atoms with Crippen LogP contribution >= 0.6 is 0 Å². The lowest BCUT2D eigenvalue weighted by Crippen LogP contribution is -2.54. The molecule has 2 saturated heterocycles. The third-order valence-corrected chi connectivity index (χ3v) is 9.52. The van der Waals surface area contributed by atoms with Crippen molar-refractivity contribution in [2.75, 3.05) is 6.54 Å². The van der Waals surface area contributed by atoms with Crippen molar-refractivity contribution in [1.82, 2.24) is 4.90 Å². The molecule has 0 bridgehead atoms. The zero-order chi connectivity index (χ0) is 14.4. The van der Waals surface area contributed by atoms with Gasteiger partial charge in [-0.05, 0) is 31.0 Å². The third-order valence-electron chi connectivity index (χ3n) is 5.02. The first-order valence-electron chi connectivity index (χ1n) is 7.29. The molecule has 1 N–H and O–H groups in total. The summed E-state index contributed by atoms with van der Waals surface area (Å²) in [5.74, 6) is 0.177. The predicted octanol–water partition coefficient (Wildman–Crippen LogP) is 2.13. The van der Waals surface area contributed by atoms with Gasteiger partial charge in [0, 0.05) is 13.0 Å². The van der Waals surface area contributed by atoms with Crippen LogP contribution in [0, 0.1) is 0 Å². The molecule has 2 aliphatic heterocycles. The summed E-state index contributed by atoms with van der Waals surface area (Å²) in [7, 11) is -1.85. The van der Waals surface area contributed by atoms with Crippen molar-refractivity contribution < 1.29 is 14.3 Å². The second kappa shape index (κ2) is 4.86. The molecule has 19 heavy (non-hydrogen) atoms. The van der Waals surface area contributed by atoms with Crippen LogP contribution in [0.4, 0.5) is 0 Å². The van der Waals surface area contributed by atoms with Crippen molar-refractivity contribution in [1.29, 1.82) is 0 Å². The number of hydrogen-bond donors (Lipinski definition) is 1. The number of nitrogens with zero attached hydrogens (tertiary/aromatic N) is 1. The molecule has 0 aromatic carbocycles. The van der Waals surface area contributed by atoms with E-state index < -0.39 is 14.4 Å². The van der Waals surface area contributed by atoms with Gasteiger partial charge in [0.1, 0.15) is 0 Å². The second-order valence-electron chi connectivity index (χ2n) is 7.39. The molecule has 5 heteroatoms. The molecule has 0 aromatic heterocycles. The third kappa shape index (κ3) is 2.73. The number of hydrogen-bond acceptors (Lipinski definition) is 3. The van der Waals surface area contributed by atoms with Crippen molar-refractivity contribution in [2.24, 2.45) is 0 Å². The maximum Gasteiger partial charge on any atom is 0.223 e. The van der Waals surface area contributed by atoms with Crippen LogP contribution in [0.25, 0.3) is 0 Å². The standard InChI is InChI=1S/C14H27NO3Si/c1-14(2,3)19(4,5)18-11-8-9-15-12(17)7-6-10(16)13(11)15/h10-11,13,16H,6-9H2,1-5H3/t10-,11-,13-/m0/s1. The number of rotatable bonds is 2. The Balaban J connectivity index is 2.12. The van der Waals surface area contributed by atoms with E-state index >= 15 is 0 Å². The lowest BCUT2D eigenvalue weighted by atomic mass is 9.97. The largest absolute Gasteiger partial charge is 0.412 e. The van der Waals surface area contributed by atoms with E-state index in [0.717, 1.165) is 13.0 Å². The van der Waals surface area contributed by atoms with Crippen LogP contribution in [0.3, 0.4) is 0 Å². The van der Waals surface area contributed by atoms with E-state index in [1.165, 1.54) is 0 Å². The van der Waals surface area contributed by atoms with Gasteiger partial charge in [-0.1, -0.05) is 20.8 Å². The van der Waals surface area contributed by atoms with E-state index in [9.17, 15) is 9.90 Å². The Hall–Kier alpha value is -0.393. The summed E-state index contributed by atoms with van der Waals surface area (Å²) >= 11 is 0. The van der Waals surface area contributed by atoms with E-state index in [4.69, 9.17) is 4.43 Å². The highest BCUT2D eigenvalue weighted by Crippen LogP contribution is 2.40. The minimum Gasteiger partial charge on any atom is -0.412 e. The zero-order valence-corrected chi connectivity index (χ0v) is 13.8. The molecular formula is C14H27NO3Si. The molecular weight excluding hydrogens is 258 g/mol. The van der Waals surface area contributed by atoms with Crippen molar-refractivity contribution in [2.45, 2.75) is 76.4 Å². The number of aliphatic hydroxyl groups is 1. The number of carbonyl (C=O) groups is 1. The first-order chi connectivity index (χ1) is 8.63. The predicted molar refractivity (Wildman–Crippen MR) is 77.4 cm³/mol. The summed E-state index contributed by atoms with van der Waals surface area (Å²) in [6.07, 6.45) is 1.51. The molecule has 2 fully saturated rings. The van der Waals surface area contributed by atoms with Gasteiger partial charge in [0.25, 0.3) is 0 Å². The van der Waals surface area contributed by atoms with Gasteiger partial charge < -0.3 is 14.4 Å². The average molecular weight is 285 g/mol. The molecule has 4 nitrogen and oxygen atoms in total. The van der Waals surface area contributed by atoms with Crippen molar-refractivity contribution in [3.8, 4) is 0 Å². The monoisotopic (exact) mass is 285 g/mol. The molecule has 110 valence electrons. The number of piperidine rings is 1. The Bertz CT molecular complexity index is 364. The Morgan fingerprint density at radius 2 is 1.95 bits per heavy atom. The van der Waals surface area contributed by atoms with Gasteiger partial charge in [0.2, 0.25) is 5.91 Å². The van der Waals surface area contributed by atoms with E-state index in [1.807, 2.05) is 4.90 Å². The molecule has 3 atom stereocenters. The lowest BCUT2D eigenvalue weighted by molar-refractivity contribution is -0.141. The summed E-state index contributed by atoms with van der Waals surface area (Å²) < 4.78 is 6.44. The molecule has 2 rings (SSSR count). The zero-order valence-electron chi connectivity index (χ0n) is 12.8. The Labute approximate surface area is 117 Å². The summed E-state index contributed by atoms with van der Waals surface area (Å²) in [5, 5.41) is 10.4. The molecule has 0 unspecified atom stereocenters. The SMILES string of the molecule is CC(C)(C)[Si](C)(C)O[C@H]1CCN2C(=O)CC[C@H](O)[C@@H]12. The number of carbonyl (C=O) groups excluding carboxylic acids is 1. The highest BCUT2D eigenvalue weighted by molar-refractivity contribution is 6.74. The molecule has 1 amide bonds. The van der Waals surface area contributed by atoms with Crippen LogP contribution in [0.15, 0.2) is 0 Å². The second-order valence-corrected chi connectivity index (χ2v) is 12.1. The van der Waals surface area contributed by atoms with E-state index in [0.29, 0.717) is 12.8 Å². The molecule has 0 aromatic rings. The summed E-state index contributed by atoms with van der Waals surface area (Å²) in [6.45, 7) is 11.8. The van der Waals surface area contributed by atoms with E-state index in [-0.39, 0.29) is 23.1 Å². The first-order valence-corrected chi connectivity index (χ1v) is 10.2. The molecule has 2 aliphatic rings. The van der Waals surface area contributed by atoms with Crippen LogP contribution in [0.2, 0.25) is 18.1 Å². The van der Waals surface area contributed by atoms with Gasteiger partial charge in [-0.15, -0.1) is 0 Å². The van der Waals surface area contributed by atoms with Crippen LogP contribution in [0.5, 0.6) is 0 Å². The van der Waals surface area contributed by atoms with Crippen LogP contribution < -0.4 is 0 Å². The molecule has 0 saturated carbocycles. The van der Waals surface area contributed by atoms with Gasteiger partial charge >= 0.3 is 0 Å². The maximum atomic E-state index is 11.9. The smallest absolute Gasteiger partial charge is 0.223 e. The van der Waals surface area contributed by atoms with E-state index in [1.54, 1.807) is 0 Å². The van der Waals surface area contributed by atoms with Crippen molar-refractivity contribution >= 4 is 14.2 Å². The quantitative estimate of drug-likeness (QED) is 0.791. The van der Waals surface area contributed by atoms with Gasteiger partial charge in [-0.2, -0.15) is 0 Å². The summed E-state index contributed by atoms with van der Waals surface area (Å²) in [5.41, 5.74) is 0. The molecule has 0 spiro atoms. The van der Waals surface area contributed by atoms with Gasteiger partial charge in [0.05, 0.1) is 18.2 Å². The minimum atomic E-state index is -1.85. The fraction of sp³-hybridized carbons (Fsp3) is 0.929. The highest BCUT2D eigenvalue weighted by atomic mass is 28.4. The highest BCUT2D eigenvalue weighted by Gasteiger charge is 2.48. The summed E-state index contributed by atoms with van der Waals surface area (Å²) in [6, 6.07) is -0.115. The Kier molecular flexibility index (Phi) is 3.84. The van der Waals surface area contributed by atoms with Gasteiger partial charge in [-0.25, -0.2) is 0 Å².